The van der Waals surface area contributed by atoms with Gasteiger partial charge in [0, 0.05) is 11.1 Å². The van der Waals surface area contributed by atoms with E-state index in [1.807, 2.05) is 10.6 Å². The van der Waals surface area contributed by atoms with Crippen LogP contribution in [0.5, 0.6) is 0 Å². The molecule has 3 rings (SSSR count). The van der Waals surface area contributed by atoms with E-state index in [2.05, 4.69) is 15.5 Å². The summed E-state index contributed by atoms with van der Waals surface area (Å²) in [5, 5.41) is 20.9. The van der Waals surface area contributed by atoms with Crippen LogP contribution in [0.25, 0.3) is 0 Å². The summed E-state index contributed by atoms with van der Waals surface area (Å²) in [6, 6.07) is 7.25. The van der Waals surface area contributed by atoms with Crippen LogP contribution >= 0.6 is 23.4 Å². The molecule has 2 aromatic rings. The van der Waals surface area contributed by atoms with Crippen LogP contribution in [0.2, 0.25) is 5.02 Å². The predicted molar refractivity (Wildman–Crippen MR) is 83.8 cm³/mol. The molecule has 1 aliphatic carbocycles. The van der Waals surface area contributed by atoms with Gasteiger partial charge in [-0.15, -0.1) is 10.2 Å². The van der Waals surface area contributed by atoms with Gasteiger partial charge < -0.3 is 9.88 Å². The minimum Gasteiger partial charge on any atom is -0.324 e. The third kappa shape index (κ3) is 3.40. The van der Waals surface area contributed by atoms with Gasteiger partial charge in [0.15, 0.2) is 5.16 Å². The Hall–Kier alpha value is -2.04. The number of carbonyl (C=O) groups excluding carboxylic acids is 1. The number of nitrogens with one attached hydrogen (secondary N) is 1. The molecule has 1 fully saturated rings. The first-order valence-electron chi connectivity index (χ1n) is 6.69. The lowest BCUT2D eigenvalue weighted by Crippen LogP contribution is -2.15. The molecule has 1 aromatic heterocycles. The highest BCUT2D eigenvalue weighted by Crippen LogP contribution is 2.37. The second-order valence-electron chi connectivity index (χ2n) is 4.89. The molecule has 0 bridgehead atoms. The lowest BCUT2D eigenvalue weighted by atomic mass is 10.2. The molecule has 1 saturated carbocycles. The number of nitrogens with zero attached hydrogens (tertiary/aromatic N) is 4. The van der Waals surface area contributed by atoms with Crippen LogP contribution in [0.4, 0.5) is 5.69 Å². The number of nitriles is 1. The normalized spacial score (nSPS) is 13.6. The topological polar surface area (TPSA) is 83.6 Å². The van der Waals surface area contributed by atoms with Crippen molar-refractivity contribution in [2.24, 2.45) is 0 Å². The summed E-state index contributed by atoms with van der Waals surface area (Å²) in [6.45, 7) is 0. The highest BCUT2D eigenvalue weighted by atomic mass is 35.5. The minimum absolute atomic E-state index is 0.197. The smallest absolute Gasteiger partial charge is 0.234 e. The van der Waals surface area contributed by atoms with E-state index >= 15 is 0 Å². The molecule has 1 aromatic carbocycles. The van der Waals surface area contributed by atoms with Gasteiger partial charge in [-0.2, -0.15) is 5.26 Å². The van der Waals surface area contributed by atoms with Crippen LogP contribution in [-0.4, -0.2) is 26.4 Å². The first-order valence-corrected chi connectivity index (χ1v) is 8.05. The van der Waals surface area contributed by atoms with E-state index in [-0.39, 0.29) is 11.7 Å². The van der Waals surface area contributed by atoms with Gasteiger partial charge in [0.2, 0.25) is 5.91 Å². The quantitative estimate of drug-likeness (QED) is 0.850. The van der Waals surface area contributed by atoms with E-state index in [0.29, 0.717) is 22.3 Å². The van der Waals surface area contributed by atoms with Gasteiger partial charge in [0.25, 0.3) is 0 Å². The molecule has 0 unspecified atom stereocenters. The SMILES string of the molecule is N#Cc1ccc(Cl)cc1NC(=O)CSc1nncn1C1CC1. The molecule has 1 N–H and O–H groups in total. The first kappa shape index (κ1) is 14.9. The number of hydrogen-bond donors (Lipinski definition) is 1. The van der Waals surface area contributed by atoms with E-state index in [0.717, 1.165) is 18.0 Å². The zero-order valence-electron chi connectivity index (χ0n) is 11.5. The number of rotatable bonds is 5. The van der Waals surface area contributed by atoms with Crippen LogP contribution in [0.1, 0.15) is 24.4 Å². The Balaban J connectivity index is 1.62. The molecule has 112 valence electrons. The van der Waals surface area contributed by atoms with Gasteiger partial charge in [0.1, 0.15) is 12.4 Å². The van der Waals surface area contributed by atoms with Crippen LogP contribution < -0.4 is 5.32 Å². The van der Waals surface area contributed by atoms with E-state index in [1.165, 1.54) is 11.8 Å². The molecule has 6 nitrogen and oxygen atoms in total. The number of halogens is 1. The Kier molecular flexibility index (Phi) is 4.32. The molecular weight excluding hydrogens is 322 g/mol. The summed E-state index contributed by atoms with van der Waals surface area (Å²) in [5.74, 6) is -0.0166. The molecule has 22 heavy (non-hydrogen) atoms. The largest absolute Gasteiger partial charge is 0.324 e. The number of aromatic nitrogens is 3. The number of hydrogen-bond acceptors (Lipinski definition) is 5. The standard InChI is InChI=1S/C14H12ClN5OS/c15-10-2-1-9(6-16)12(5-10)18-13(21)7-22-14-19-17-8-20(14)11-3-4-11/h1-2,5,8,11H,3-4,7H2,(H,18,21). The Morgan fingerprint density at radius 2 is 2.36 bits per heavy atom. The van der Waals surface area contributed by atoms with Crippen molar-refractivity contribution in [3.8, 4) is 6.07 Å². The Bertz CT molecular complexity index is 750. The molecule has 0 spiro atoms. The molecule has 0 saturated heterocycles. The molecule has 0 radical (unpaired) electrons. The Morgan fingerprint density at radius 3 is 3.09 bits per heavy atom. The van der Waals surface area contributed by atoms with Gasteiger partial charge in [-0.1, -0.05) is 23.4 Å². The average molecular weight is 334 g/mol. The first-order chi connectivity index (χ1) is 10.7. The second kappa shape index (κ2) is 6.38. The minimum atomic E-state index is -0.214. The van der Waals surface area contributed by atoms with Crippen LogP contribution in [-0.2, 0) is 4.79 Å². The molecule has 0 aliphatic heterocycles. The van der Waals surface area contributed by atoms with Crippen LogP contribution in [0.3, 0.4) is 0 Å². The molecule has 1 aliphatic rings. The zero-order valence-corrected chi connectivity index (χ0v) is 13.1. The fourth-order valence-corrected chi connectivity index (χ4v) is 2.93. The Morgan fingerprint density at radius 1 is 1.55 bits per heavy atom. The summed E-state index contributed by atoms with van der Waals surface area (Å²) in [4.78, 5) is 12.0. The summed E-state index contributed by atoms with van der Waals surface area (Å²) in [6.07, 6.45) is 3.96. The van der Waals surface area contributed by atoms with Crippen LogP contribution in [0.15, 0.2) is 29.7 Å². The van der Waals surface area contributed by atoms with E-state index in [9.17, 15) is 4.79 Å². The predicted octanol–water partition coefficient (Wildman–Crippen LogP) is 2.87. The molecule has 0 atom stereocenters. The maximum atomic E-state index is 12.0. The van der Waals surface area contributed by atoms with Gasteiger partial charge in [-0.25, -0.2) is 0 Å². The highest BCUT2D eigenvalue weighted by Gasteiger charge is 2.26. The van der Waals surface area contributed by atoms with Gasteiger partial charge in [-0.3, -0.25) is 4.79 Å². The van der Waals surface area contributed by atoms with E-state index in [4.69, 9.17) is 16.9 Å². The average Bonchev–Trinajstić information content (AvgIpc) is 3.24. The molecule has 8 heteroatoms. The fraction of sp³-hybridized carbons (Fsp3) is 0.286. The van der Waals surface area contributed by atoms with Gasteiger partial charge in [-0.05, 0) is 31.0 Å². The summed E-state index contributed by atoms with van der Waals surface area (Å²) in [7, 11) is 0. The van der Waals surface area contributed by atoms with Crippen molar-refractivity contribution in [3.63, 3.8) is 0 Å². The number of thioether (sulfide) groups is 1. The second-order valence-corrected chi connectivity index (χ2v) is 6.27. The highest BCUT2D eigenvalue weighted by molar-refractivity contribution is 7.99. The lowest BCUT2D eigenvalue weighted by Gasteiger charge is -2.07. The Labute approximate surface area is 136 Å². The molecule has 1 amide bonds. The summed E-state index contributed by atoms with van der Waals surface area (Å²) in [5.41, 5.74) is 0.799. The summed E-state index contributed by atoms with van der Waals surface area (Å²) >= 11 is 7.22. The van der Waals surface area contributed by atoms with Crippen molar-refractivity contribution in [1.29, 1.82) is 5.26 Å². The van der Waals surface area contributed by atoms with Crippen molar-refractivity contribution < 1.29 is 4.79 Å². The molecule has 1 heterocycles. The van der Waals surface area contributed by atoms with E-state index in [1.54, 1.807) is 24.5 Å². The monoisotopic (exact) mass is 333 g/mol. The summed E-state index contributed by atoms with van der Waals surface area (Å²) < 4.78 is 2.00. The molecular formula is C14H12ClN5OS. The third-order valence-corrected chi connectivity index (χ3v) is 4.38. The van der Waals surface area contributed by atoms with Crippen molar-refractivity contribution in [3.05, 3.63) is 35.1 Å². The van der Waals surface area contributed by atoms with E-state index < -0.39 is 0 Å². The van der Waals surface area contributed by atoms with Crippen molar-refractivity contribution in [2.45, 2.75) is 24.0 Å². The maximum absolute atomic E-state index is 12.0. The third-order valence-electron chi connectivity index (χ3n) is 3.19. The van der Waals surface area contributed by atoms with Gasteiger partial charge >= 0.3 is 0 Å². The van der Waals surface area contributed by atoms with Crippen LogP contribution in [0, 0.1) is 11.3 Å². The number of carbonyl (C=O) groups is 1. The van der Waals surface area contributed by atoms with Crippen molar-refractivity contribution >= 4 is 35.0 Å². The zero-order chi connectivity index (χ0) is 15.5. The fourth-order valence-electron chi connectivity index (χ4n) is 1.97. The van der Waals surface area contributed by atoms with Crippen molar-refractivity contribution in [2.75, 3.05) is 11.1 Å². The number of amides is 1. The lowest BCUT2D eigenvalue weighted by molar-refractivity contribution is -0.113. The van der Waals surface area contributed by atoms with Gasteiger partial charge in [0.05, 0.1) is 17.0 Å². The number of anilines is 1. The number of benzene rings is 1. The van der Waals surface area contributed by atoms with Crippen molar-refractivity contribution in [1.82, 2.24) is 14.8 Å². The maximum Gasteiger partial charge on any atom is 0.234 e.